The van der Waals surface area contributed by atoms with E-state index in [1.165, 1.54) is 38.5 Å². The van der Waals surface area contributed by atoms with E-state index in [4.69, 9.17) is 4.74 Å². The fraction of sp³-hybridized carbons (Fsp3) is 0.667. The number of hydrogen-bond donors (Lipinski definition) is 0. The number of ether oxygens (including phenoxy) is 1. The molecule has 0 heterocycles. The van der Waals surface area contributed by atoms with Crippen molar-refractivity contribution in [2.75, 3.05) is 32.6 Å². The molecule has 0 aliphatic heterocycles. The minimum Gasteiger partial charge on any atom is -0.456 e. The van der Waals surface area contributed by atoms with Crippen molar-refractivity contribution < 1.29 is 14.3 Å². The van der Waals surface area contributed by atoms with Gasteiger partial charge in [0.15, 0.2) is 6.61 Å². The lowest BCUT2D eigenvalue weighted by Gasteiger charge is -2.56. The van der Waals surface area contributed by atoms with E-state index in [-0.39, 0.29) is 23.9 Å². The van der Waals surface area contributed by atoms with Crippen LogP contribution in [0.1, 0.15) is 50.5 Å². The van der Waals surface area contributed by atoms with Gasteiger partial charge >= 0.3 is 5.97 Å². The summed E-state index contributed by atoms with van der Waals surface area (Å²) in [6.07, 6.45) is 8.16. The van der Waals surface area contributed by atoms with Crippen LogP contribution in [0.2, 0.25) is 0 Å². The highest BCUT2D eigenvalue weighted by Crippen LogP contribution is 2.61. The number of amides is 1. The van der Waals surface area contributed by atoms with Crippen LogP contribution in [0.25, 0.3) is 0 Å². The number of rotatable bonds is 7. The van der Waals surface area contributed by atoms with Gasteiger partial charge in [0.05, 0.1) is 6.42 Å². The normalized spacial score (nSPS) is 29.6. The summed E-state index contributed by atoms with van der Waals surface area (Å²) in [4.78, 5) is 28.6. The molecule has 0 atom stereocenters. The van der Waals surface area contributed by atoms with Crippen molar-refractivity contribution in [2.24, 2.45) is 23.2 Å². The van der Waals surface area contributed by atoms with Crippen molar-refractivity contribution in [3.63, 3.8) is 0 Å². The molecule has 4 aliphatic rings. The van der Waals surface area contributed by atoms with Crippen molar-refractivity contribution in [3.05, 3.63) is 29.8 Å². The number of nitrogens with zero attached hydrogens (tertiary/aromatic N) is 2. The Morgan fingerprint density at radius 2 is 1.52 bits per heavy atom. The molecule has 4 saturated carbocycles. The Labute approximate surface area is 174 Å². The van der Waals surface area contributed by atoms with Gasteiger partial charge in [-0.15, -0.1) is 0 Å². The molecule has 0 aromatic heterocycles. The van der Waals surface area contributed by atoms with E-state index < -0.39 is 0 Å². The van der Waals surface area contributed by atoms with E-state index in [0.29, 0.717) is 13.0 Å². The van der Waals surface area contributed by atoms with Gasteiger partial charge in [0.25, 0.3) is 5.91 Å². The molecule has 5 rings (SSSR count). The van der Waals surface area contributed by atoms with Crippen molar-refractivity contribution in [3.8, 4) is 0 Å². The van der Waals surface area contributed by atoms with Gasteiger partial charge in [0.1, 0.15) is 0 Å². The topological polar surface area (TPSA) is 49.9 Å². The molecule has 1 aromatic carbocycles. The lowest BCUT2D eigenvalue weighted by Crippen LogP contribution is -2.47. The predicted molar refractivity (Wildman–Crippen MR) is 113 cm³/mol. The van der Waals surface area contributed by atoms with Crippen LogP contribution < -0.4 is 4.90 Å². The molecule has 0 saturated heterocycles. The smallest absolute Gasteiger partial charge is 0.306 e. The molecule has 0 radical (unpaired) electrons. The molecule has 4 aliphatic carbocycles. The standard InChI is InChI=1S/C24H34N2O3/c1-25(2)21-6-4-17(5-7-21)15-26(3)22(27)16-29-23(28)14-24-11-18-8-19(12-24)10-20(9-18)13-24/h4-7,18-20H,8-16H2,1-3H3. The molecule has 5 nitrogen and oxygen atoms in total. The largest absolute Gasteiger partial charge is 0.456 e. The van der Waals surface area contributed by atoms with E-state index in [9.17, 15) is 9.59 Å². The van der Waals surface area contributed by atoms with Crippen LogP contribution in [-0.2, 0) is 20.9 Å². The number of likely N-dealkylation sites (N-methyl/N-ethyl adjacent to an activating group) is 1. The van der Waals surface area contributed by atoms with E-state index in [0.717, 1.165) is 29.0 Å². The Morgan fingerprint density at radius 3 is 2.03 bits per heavy atom. The number of carbonyl (C=O) groups is 2. The van der Waals surface area contributed by atoms with E-state index in [1.54, 1.807) is 11.9 Å². The average Bonchev–Trinajstić information content (AvgIpc) is 2.65. The summed E-state index contributed by atoms with van der Waals surface area (Å²) in [6, 6.07) is 8.13. The number of anilines is 1. The number of hydrogen-bond acceptors (Lipinski definition) is 4. The first-order valence-corrected chi connectivity index (χ1v) is 11.0. The fourth-order valence-electron chi connectivity index (χ4n) is 6.38. The molecule has 5 heteroatoms. The van der Waals surface area contributed by atoms with Crippen molar-refractivity contribution in [1.82, 2.24) is 4.90 Å². The maximum absolute atomic E-state index is 12.5. The van der Waals surface area contributed by atoms with Gasteiger partial charge < -0.3 is 14.5 Å². The first-order chi connectivity index (χ1) is 13.8. The summed E-state index contributed by atoms with van der Waals surface area (Å²) in [6.45, 7) is 0.358. The third-order valence-electron chi connectivity index (χ3n) is 7.34. The van der Waals surface area contributed by atoms with Crippen molar-refractivity contribution >= 4 is 17.6 Å². The Bertz CT molecular complexity index is 721. The summed E-state index contributed by atoms with van der Waals surface area (Å²) in [7, 11) is 5.76. The zero-order chi connectivity index (χ0) is 20.6. The SMILES string of the molecule is CN(Cc1ccc(N(C)C)cc1)C(=O)COC(=O)CC12CC3CC(CC(C3)C1)C2. The van der Waals surface area contributed by atoms with Crippen LogP contribution in [0.15, 0.2) is 24.3 Å². The summed E-state index contributed by atoms with van der Waals surface area (Å²) in [5, 5.41) is 0. The molecule has 1 amide bonds. The molecule has 0 unspecified atom stereocenters. The zero-order valence-electron chi connectivity index (χ0n) is 18.0. The van der Waals surface area contributed by atoms with Gasteiger partial charge in [-0.25, -0.2) is 0 Å². The molecular weight excluding hydrogens is 364 g/mol. The Hall–Kier alpha value is -2.04. The molecule has 0 spiro atoms. The number of carbonyl (C=O) groups excluding carboxylic acids is 2. The second kappa shape index (κ2) is 8.00. The third-order valence-corrected chi connectivity index (χ3v) is 7.34. The van der Waals surface area contributed by atoms with Crippen LogP contribution in [0, 0.1) is 23.2 Å². The van der Waals surface area contributed by atoms with Crippen molar-refractivity contribution in [2.45, 2.75) is 51.5 Å². The Kier molecular flexibility index (Phi) is 5.58. The molecule has 29 heavy (non-hydrogen) atoms. The lowest BCUT2D eigenvalue weighted by atomic mass is 9.49. The maximum Gasteiger partial charge on any atom is 0.306 e. The minimum absolute atomic E-state index is 0.152. The first kappa shape index (κ1) is 20.2. The monoisotopic (exact) mass is 398 g/mol. The highest BCUT2D eigenvalue weighted by molar-refractivity contribution is 5.80. The van der Waals surface area contributed by atoms with Gasteiger partial charge in [-0.1, -0.05) is 12.1 Å². The van der Waals surface area contributed by atoms with Gasteiger partial charge in [-0.2, -0.15) is 0 Å². The quantitative estimate of drug-likeness (QED) is 0.655. The first-order valence-electron chi connectivity index (χ1n) is 11.0. The molecule has 4 fully saturated rings. The number of esters is 1. The molecular formula is C24H34N2O3. The molecule has 4 bridgehead atoms. The summed E-state index contributed by atoms with van der Waals surface area (Å²) < 4.78 is 5.42. The van der Waals surface area contributed by atoms with Crippen LogP contribution in [0.4, 0.5) is 5.69 Å². The van der Waals surface area contributed by atoms with E-state index >= 15 is 0 Å². The van der Waals surface area contributed by atoms with Crippen molar-refractivity contribution in [1.29, 1.82) is 0 Å². The molecule has 158 valence electrons. The third kappa shape index (κ3) is 4.59. The minimum atomic E-state index is -0.191. The van der Waals surface area contributed by atoms with Gasteiger partial charge in [0, 0.05) is 33.4 Å². The van der Waals surface area contributed by atoms with E-state index in [1.807, 2.05) is 43.3 Å². The Morgan fingerprint density at radius 1 is 0.966 bits per heavy atom. The summed E-state index contributed by atoms with van der Waals surface area (Å²) >= 11 is 0. The molecule has 1 aromatic rings. The fourth-order valence-corrected chi connectivity index (χ4v) is 6.38. The van der Waals surface area contributed by atoms with Crippen LogP contribution >= 0.6 is 0 Å². The summed E-state index contributed by atoms with van der Waals surface area (Å²) in [5.41, 5.74) is 2.35. The lowest BCUT2D eigenvalue weighted by molar-refractivity contribution is -0.157. The second-order valence-electron chi connectivity index (χ2n) is 10.1. The Balaban J connectivity index is 1.24. The second-order valence-corrected chi connectivity index (χ2v) is 10.1. The highest BCUT2D eigenvalue weighted by Gasteiger charge is 2.51. The highest BCUT2D eigenvalue weighted by atomic mass is 16.5. The van der Waals surface area contributed by atoms with Crippen LogP contribution in [-0.4, -0.2) is 44.5 Å². The zero-order valence-corrected chi connectivity index (χ0v) is 18.0. The molecule has 0 N–H and O–H groups in total. The van der Waals surface area contributed by atoms with Gasteiger partial charge in [-0.3, -0.25) is 9.59 Å². The number of benzene rings is 1. The van der Waals surface area contributed by atoms with Gasteiger partial charge in [-0.05, 0) is 79.4 Å². The van der Waals surface area contributed by atoms with Crippen LogP contribution in [0.5, 0.6) is 0 Å². The maximum atomic E-state index is 12.5. The predicted octanol–water partition coefficient (Wildman–Crippen LogP) is 3.86. The van der Waals surface area contributed by atoms with Crippen LogP contribution in [0.3, 0.4) is 0 Å². The average molecular weight is 399 g/mol. The van der Waals surface area contributed by atoms with Gasteiger partial charge in [0.2, 0.25) is 0 Å². The summed E-state index contributed by atoms with van der Waals surface area (Å²) in [5.74, 6) is 2.12. The van der Waals surface area contributed by atoms with E-state index in [2.05, 4.69) is 0 Å².